The number of aromatic nitrogens is 2. The molecule has 3 aromatic rings. The number of rotatable bonds is 5. The Hall–Kier alpha value is -3.22. The molecule has 4 rings (SSSR count). The quantitative estimate of drug-likeness (QED) is 0.764. The zero-order valence-electron chi connectivity index (χ0n) is 14.3. The Morgan fingerprint density at radius 1 is 1.19 bits per heavy atom. The fraction of sp³-hybridized carbons (Fsp3) is 0.263. The minimum absolute atomic E-state index is 0.218. The van der Waals surface area contributed by atoms with Crippen molar-refractivity contribution in [2.75, 3.05) is 0 Å². The summed E-state index contributed by atoms with van der Waals surface area (Å²) in [7, 11) is 0. The number of benzene rings is 2. The van der Waals surface area contributed by atoms with Crippen LogP contribution in [0.25, 0.3) is 10.8 Å². The molecule has 7 heteroatoms. The molecule has 1 amide bonds. The minimum Gasteiger partial charge on any atom is -0.382 e. The highest BCUT2D eigenvalue weighted by Crippen LogP contribution is 2.22. The third kappa shape index (κ3) is 3.28. The summed E-state index contributed by atoms with van der Waals surface area (Å²) in [4.78, 5) is 17.6. The SMILES string of the molecule is Cc1nonc1CNC(=O)C1CC(Cc2cccc3ccccc23)=NO1. The van der Waals surface area contributed by atoms with Crippen molar-refractivity contribution in [1.29, 1.82) is 0 Å². The van der Waals surface area contributed by atoms with E-state index in [1.54, 1.807) is 6.92 Å². The third-order valence-electron chi connectivity index (χ3n) is 4.47. The fourth-order valence-corrected chi connectivity index (χ4v) is 3.03. The predicted molar refractivity (Wildman–Crippen MR) is 95.5 cm³/mol. The average Bonchev–Trinajstić information content (AvgIpc) is 3.29. The summed E-state index contributed by atoms with van der Waals surface area (Å²) in [6, 6.07) is 14.4. The standard InChI is InChI=1S/C19H18N4O3/c1-12-17(23-26-21-12)11-20-19(24)18-10-15(22-25-18)9-14-7-4-6-13-5-2-3-8-16(13)14/h2-8,18H,9-11H2,1H3,(H,20,24). The van der Waals surface area contributed by atoms with Crippen LogP contribution in [0, 0.1) is 6.92 Å². The molecule has 1 aliphatic heterocycles. The van der Waals surface area contributed by atoms with Crippen molar-refractivity contribution in [2.45, 2.75) is 32.4 Å². The van der Waals surface area contributed by atoms with E-state index in [4.69, 9.17) is 4.84 Å². The first kappa shape index (κ1) is 16.3. The van der Waals surface area contributed by atoms with Gasteiger partial charge in [-0.1, -0.05) is 57.9 Å². The van der Waals surface area contributed by atoms with Gasteiger partial charge in [-0.15, -0.1) is 0 Å². The van der Waals surface area contributed by atoms with E-state index in [1.165, 1.54) is 16.3 Å². The van der Waals surface area contributed by atoms with E-state index in [0.29, 0.717) is 24.2 Å². The van der Waals surface area contributed by atoms with Crippen molar-refractivity contribution in [1.82, 2.24) is 15.6 Å². The van der Waals surface area contributed by atoms with E-state index >= 15 is 0 Å². The Balaban J connectivity index is 1.37. The number of hydrogen-bond donors (Lipinski definition) is 1. The maximum Gasteiger partial charge on any atom is 0.264 e. The zero-order valence-corrected chi connectivity index (χ0v) is 14.3. The normalized spacial score (nSPS) is 16.3. The molecule has 26 heavy (non-hydrogen) atoms. The second-order valence-corrected chi connectivity index (χ2v) is 6.28. The number of amides is 1. The van der Waals surface area contributed by atoms with E-state index < -0.39 is 6.10 Å². The molecule has 2 heterocycles. The molecule has 1 aromatic heterocycles. The van der Waals surface area contributed by atoms with Crippen molar-refractivity contribution in [3.8, 4) is 0 Å². The van der Waals surface area contributed by atoms with Gasteiger partial charge in [0.1, 0.15) is 11.4 Å². The molecular weight excluding hydrogens is 332 g/mol. The van der Waals surface area contributed by atoms with Gasteiger partial charge in [0.25, 0.3) is 5.91 Å². The van der Waals surface area contributed by atoms with Gasteiger partial charge in [-0.05, 0) is 23.3 Å². The Labute approximate surface area is 150 Å². The van der Waals surface area contributed by atoms with Gasteiger partial charge in [0, 0.05) is 12.8 Å². The summed E-state index contributed by atoms with van der Waals surface area (Å²) >= 11 is 0. The third-order valence-corrected chi connectivity index (χ3v) is 4.47. The number of aryl methyl sites for hydroxylation is 1. The molecule has 1 unspecified atom stereocenters. The Bertz CT molecular complexity index is 974. The second-order valence-electron chi connectivity index (χ2n) is 6.28. The van der Waals surface area contributed by atoms with Gasteiger partial charge >= 0.3 is 0 Å². The monoisotopic (exact) mass is 350 g/mol. The van der Waals surface area contributed by atoms with Crippen LogP contribution in [0.4, 0.5) is 0 Å². The van der Waals surface area contributed by atoms with Gasteiger partial charge in [0.05, 0.1) is 12.3 Å². The zero-order chi connectivity index (χ0) is 17.9. The topological polar surface area (TPSA) is 89.6 Å². The van der Waals surface area contributed by atoms with E-state index in [2.05, 4.69) is 49.7 Å². The van der Waals surface area contributed by atoms with Crippen molar-refractivity contribution in [2.24, 2.45) is 5.16 Å². The number of nitrogens with zero attached hydrogens (tertiary/aromatic N) is 3. The van der Waals surface area contributed by atoms with E-state index in [9.17, 15) is 4.79 Å². The van der Waals surface area contributed by atoms with Crippen LogP contribution in [0.5, 0.6) is 0 Å². The molecule has 1 atom stereocenters. The van der Waals surface area contributed by atoms with Gasteiger partial charge in [-0.3, -0.25) is 4.79 Å². The van der Waals surface area contributed by atoms with E-state index in [1.807, 2.05) is 18.2 Å². The number of carbonyl (C=O) groups excluding carboxylic acids is 1. The molecule has 2 aromatic carbocycles. The molecule has 0 bridgehead atoms. The number of oxime groups is 1. The molecule has 0 spiro atoms. The highest BCUT2D eigenvalue weighted by molar-refractivity contribution is 5.96. The lowest BCUT2D eigenvalue weighted by atomic mass is 9.98. The van der Waals surface area contributed by atoms with Crippen LogP contribution < -0.4 is 5.32 Å². The second kappa shape index (κ2) is 6.95. The Kier molecular flexibility index (Phi) is 4.35. The van der Waals surface area contributed by atoms with Gasteiger partial charge < -0.3 is 10.2 Å². The van der Waals surface area contributed by atoms with Crippen molar-refractivity contribution in [3.63, 3.8) is 0 Å². The van der Waals surface area contributed by atoms with Crippen molar-refractivity contribution < 1.29 is 14.3 Å². The predicted octanol–water partition coefficient (Wildman–Crippen LogP) is 2.54. The van der Waals surface area contributed by atoms with Crippen LogP contribution in [-0.2, 0) is 22.6 Å². The average molecular weight is 350 g/mol. The lowest BCUT2D eigenvalue weighted by Gasteiger charge is -2.08. The van der Waals surface area contributed by atoms with E-state index in [-0.39, 0.29) is 12.5 Å². The molecule has 0 radical (unpaired) electrons. The molecule has 132 valence electrons. The summed E-state index contributed by atoms with van der Waals surface area (Å²) in [5, 5.41) is 16.7. The molecule has 0 saturated carbocycles. The van der Waals surface area contributed by atoms with Crippen molar-refractivity contribution in [3.05, 3.63) is 59.4 Å². The first-order valence-corrected chi connectivity index (χ1v) is 8.44. The highest BCUT2D eigenvalue weighted by Gasteiger charge is 2.28. The van der Waals surface area contributed by atoms with E-state index in [0.717, 1.165) is 5.71 Å². The van der Waals surface area contributed by atoms with Crippen LogP contribution >= 0.6 is 0 Å². The largest absolute Gasteiger partial charge is 0.382 e. The lowest BCUT2D eigenvalue weighted by Crippen LogP contribution is -2.34. The summed E-state index contributed by atoms with van der Waals surface area (Å²) in [5.74, 6) is -0.218. The van der Waals surface area contributed by atoms with Gasteiger partial charge in [-0.25, -0.2) is 4.63 Å². The minimum atomic E-state index is -0.611. The Morgan fingerprint density at radius 2 is 2.04 bits per heavy atom. The molecule has 0 aliphatic carbocycles. The molecular formula is C19H18N4O3. The summed E-state index contributed by atoms with van der Waals surface area (Å²) in [6.45, 7) is 2.03. The maximum absolute atomic E-state index is 12.3. The van der Waals surface area contributed by atoms with Crippen LogP contribution in [0.1, 0.15) is 23.4 Å². The molecule has 1 aliphatic rings. The number of hydrogen-bond acceptors (Lipinski definition) is 6. The smallest absolute Gasteiger partial charge is 0.264 e. The lowest BCUT2D eigenvalue weighted by molar-refractivity contribution is -0.131. The first-order valence-electron chi connectivity index (χ1n) is 8.44. The molecule has 0 saturated heterocycles. The number of fused-ring (bicyclic) bond motifs is 1. The maximum atomic E-state index is 12.3. The van der Waals surface area contributed by atoms with Crippen molar-refractivity contribution >= 4 is 22.4 Å². The number of nitrogens with one attached hydrogen (secondary N) is 1. The van der Waals surface area contributed by atoms with Crippen LogP contribution in [-0.4, -0.2) is 28.0 Å². The number of carbonyl (C=O) groups is 1. The molecule has 0 fully saturated rings. The van der Waals surface area contributed by atoms with Crippen LogP contribution in [0.2, 0.25) is 0 Å². The van der Waals surface area contributed by atoms with Crippen LogP contribution in [0.15, 0.2) is 52.2 Å². The summed E-state index contributed by atoms with van der Waals surface area (Å²) < 4.78 is 4.62. The first-order chi connectivity index (χ1) is 12.7. The highest BCUT2D eigenvalue weighted by atomic mass is 16.6. The summed E-state index contributed by atoms with van der Waals surface area (Å²) in [6.07, 6.45) is 0.530. The van der Waals surface area contributed by atoms with Gasteiger partial charge in [0.2, 0.25) is 6.10 Å². The fourth-order valence-electron chi connectivity index (χ4n) is 3.03. The Morgan fingerprint density at radius 3 is 2.88 bits per heavy atom. The van der Waals surface area contributed by atoms with Gasteiger partial charge in [-0.2, -0.15) is 0 Å². The molecule has 7 nitrogen and oxygen atoms in total. The van der Waals surface area contributed by atoms with Gasteiger partial charge in [0.15, 0.2) is 0 Å². The summed E-state index contributed by atoms with van der Waals surface area (Å²) in [5.41, 5.74) is 3.30. The van der Waals surface area contributed by atoms with Crippen LogP contribution in [0.3, 0.4) is 0 Å². The molecule has 1 N–H and O–H groups in total.